The van der Waals surface area contributed by atoms with Gasteiger partial charge in [-0.15, -0.1) is 0 Å². The summed E-state index contributed by atoms with van der Waals surface area (Å²) in [7, 11) is 1.63. The average Bonchev–Trinajstić information content (AvgIpc) is 2.95. The van der Waals surface area contributed by atoms with E-state index in [1.165, 1.54) is 0 Å². The molecule has 0 spiro atoms. The minimum atomic E-state index is -0.980. The number of carboxylic acids is 1. The van der Waals surface area contributed by atoms with Gasteiger partial charge in [0.15, 0.2) is 0 Å². The average molecular weight is 297 g/mol. The minimum Gasteiger partial charge on any atom is -0.478 e. The van der Waals surface area contributed by atoms with Gasteiger partial charge in [-0.3, -0.25) is 4.98 Å². The number of nitrogens with zero attached hydrogens (tertiary/aromatic N) is 2. The molecule has 3 rings (SSSR count). The third-order valence-corrected chi connectivity index (χ3v) is 3.37. The number of fused-ring (bicyclic) bond motifs is 1. The van der Waals surface area contributed by atoms with Crippen LogP contribution in [0.2, 0.25) is 0 Å². The number of methoxy groups -OCH3 is 1. The zero-order chi connectivity index (χ0) is 15.5. The van der Waals surface area contributed by atoms with Crippen molar-refractivity contribution < 1.29 is 14.6 Å². The lowest BCUT2D eigenvalue weighted by Crippen LogP contribution is -1.97. The van der Waals surface area contributed by atoms with Crippen LogP contribution in [-0.4, -0.2) is 39.7 Å². The summed E-state index contributed by atoms with van der Waals surface area (Å²) in [5.41, 5.74) is 3.01. The standard InChI is InChI=1S/C16H15N3O3/c1-22-7-5-14-18-13-9-10(16(20)21)8-11(15(13)19-14)12-4-2-3-6-17-12/h2-4,6,8-9H,5,7H2,1H3,(H,18,19)(H,20,21). The van der Waals surface area contributed by atoms with Gasteiger partial charge in [-0.2, -0.15) is 0 Å². The molecule has 2 heterocycles. The highest BCUT2D eigenvalue weighted by Crippen LogP contribution is 2.27. The number of aromatic carboxylic acids is 1. The van der Waals surface area contributed by atoms with Crippen molar-refractivity contribution in [1.82, 2.24) is 15.0 Å². The van der Waals surface area contributed by atoms with E-state index in [0.29, 0.717) is 29.8 Å². The van der Waals surface area contributed by atoms with Gasteiger partial charge >= 0.3 is 5.97 Å². The van der Waals surface area contributed by atoms with Crippen LogP contribution >= 0.6 is 0 Å². The van der Waals surface area contributed by atoms with E-state index in [1.54, 1.807) is 25.4 Å². The molecule has 0 aliphatic heterocycles. The molecule has 1 aromatic carbocycles. The highest BCUT2D eigenvalue weighted by molar-refractivity contribution is 5.99. The van der Waals surface area contributed by atoms with Gasteiger partial charge < -0.3 is 14.8 Å². The molecule has 0 atom stereocenters. The van der Waals surface area contributed by atoms with E-state index in [2.05, 4.69) is 15.0 Å². The molecule has 0 unspecified atom stereocenters. The number of H-pyrrole nitrogens is 1. The van der Waals surface area contributed by atoms with Crippen molar-refractivity contribution in [2.45, 2.75) is 6.42 Å². The maximum atomic E-state index is 11.3. The molecule has 6 heteroatoms. The molecule has 0 bridgehead atoms. The van der Waals surface area contributed by atoms with Gasteiger partial charge in [-0.1, -0.05) is 6.07 Å². The zero-order valence-electron chi connectivity index (χ0n) is 12.0. The highest BCUT2D eigenvalue weighted by Gasteiger charge is 2.15. The maximum Gasteiger partial charge on any atom is 0.335 e. The Morgan fingerprint density at radius 1 is 1.36 bits per heavy atom. The number of rotatable bonds is 5. The second-order valence-corrected chi connectivity index (χ2v) is 4.87. The number of carbonyl (C=O) groups is 1. The number of aromatic nitrogens is 3. The predicted molar refractivity (Wildman–Crippen MR) is 81.9 cm³/mol. The number of hydrogen-bond acceptors (Lipinski definition) is 4. The van der Waals surface area contributed by atoms with Crippen LogP contribution in [0.15, 0.2) is 36.5 Å². The van der Waals surface area contributed by atoms with Gasteiger partial charge in [0.2, 0.25) is 0 Å². The Hall–Kier alpha value is -2.73. The Bertz CT molecular complexity index is 812. The molecule has 0 saturated carbocycles. The van der Waals surface area contributed by atoms with Crippen molar-refractivity contribution in [2.75, 3.05) is 13.7 Å². The quantitative estimate of drug-likeness (QED) is 0.755. The fraction of sp³-hybridized carbons (Fsp3) is 0.188. The molecule has 2 aromatic heterocycles. The number of carboxylic acid groups (broad SMARTS) is 1. The first-order chi connectivity index (χ1) is 10.7. The fourth-order valence-electron chi connectivity index (χ4n) is 2.33. The first-order valence-corrected chi connectivity index (χ1v) is 6.85. The summed E-state index contributed by atoms with van der Waals surface area (Å²) >= 11 is 0. The molecule has 0 aliphatic carbocycles. The van der Waals surface area contributed by atoms with E-state index in [4.69, 9.17) is 4.74 Å². The largest absolute Gasteiger partial charge is 0.478 e. The van der Waals surface area contributed by atoms with E-state index in [9.17, 15) is 9.90 Å². The second kappa shape index (κ2) is 5.95. The van der Waals surface area contributed by atoms with Crippen molar-refractivity contribution in [1.29, 1.82) is 0 Å². The van der Waals surface area contributed by atoms with Crippen LogP contribution in [0, 0.1) is 0 Å². The van der Waals surface area contributed by atoms with Gasteiger partial charge in [0, 0.05) is 25.3 Å². The van der Waals surface area contributed by atoms with Crippen LogP contribution in [-0.2, 0) is 11.2 Å². The summed E-state index contributed by atoms with van der Waals surface area (Å²) in [6, 6.07) is 8.71. The van der Waals surface area contributed by atoms with Crippen LogP contribution in [0.4, 0.5) is 0 Å². The lowest BCUT2D eigenvalue weighted by molar-refractivity contribution is 0.0697. The van der Waals surface area contributed by atoms with E-state index >= 15 is 0 Å². The first-order valence-electron chi connectivity index (χ1n) is 6.85. The van der Waals surface area contributed by atoms with Crippen molar-refractivity contribution in [3.8, 4) is 11.3 Å². The smallest absolute Gasteiger partial charge is 0.335 e. The molecule has 22 heavy (non-hydrogen) atoms. The van der Waals surface area contributed by atoms with Crippen molar-refractivity contribution in [2.24, 2.45) is 0 Å². The molecule has 0 amide bonds. The normalized spacial score (nSPS) is 11.0. The molecule has 3 aromatic rings. The van der Waals surface area contributed by atoms with E-state index < -0.39 is 5.97 Å². The monoisotopic (exact) mass is 297 g/mol. The van der Waals surface area contributed by atoms with Crippen LogP contribution < -0.4 is 0 Å². The van der Waals surface area contributed by atoms with Gasteiger partial charge in [0.1, 0.15) is 5.82 Å². The van der Waals surface area contributed by atoms with Crippen molar-refractivity contribution in [3.63, 3.8) is 0 Å². The van der Waals surface area contributed by atoms with Gasteiger partial charge in [0.05, 0.1) is 28.9 Å². The SMILES string of the molecule is COCCc1nc2c(-c3ccccn3)cc(C(=O)O)cc2[nH]1. The van der Waals surface area contributed by atoms with E-state index in [0.717, 1.165) is 11.3 Å². The Morgan fingerprint density at radius 3 is 2.91 bits per heavy atom. The first kappa shape index (κ1) is 14.2. The number of nitrogens with one attached hydrogen (secondary N) is 1. The van der Waals surface area contributed by atoms with Crippen molar-refractivity contribution >= 4 is 17.0 Å². The van der Waals surface area contributed by atoms with E-state index in [-0.39, 0.29) is 5.56 Å². The lowest BCUT2D eigenvalue weighted by Gasteiger charge is -2.03. The third-order valence-electron chi connectivity index (χ3n) is 3.37. The predicted octanol–water partition coefficient (Wildman–Crippen LogP) is 2.51. The van der Waals surface area contributed by atoms with Gasteiger partial charge in [-0.25, -0.2) is 9.78 Å². The third kappa shape index (κ3) is 2.68. The number of benzene rings is 1. The molecule has 0 radical (unpaired) electrons. The van der Waals surface area contributed by atoms with Crippen LogP contribution in [0.3, 0.4) is 0 Å². The minimum absolute atomic E-state index is 0.204. The summed E-state index contributed by atoms with van der Waals surface area (Å²) in [5.74, 6) is -0.219. The summed E-state index contributed by atoms with van der Waals surface area (Å²) in [6.45, 7) is 0.546. The highest BCUT2D eigenvalue weighted by atomic mass is 16.5. The number of imidazole rings is 1. The number of aromatic amines is 1. The lowest BCUT2D eigenvalue weighted by atomic mass is 10.1. The Balaban J connectivity index is 2.19. The summed E-state index contributed by atoms with van der Waals surface area (Å²) in [4.78, 5) is 23.3. The summed E-state index contributed by atoms with van der Waals surface area (Å²) in [5, 5.41) is 9.29. The molecule has 6 nitrogen and oxygen atoms in total. The Labute approximate surface area is 126 Å². The molecule has 2 N–H and O–H groups in total. The number of ether oxygens (including phenoxy) is 1. The molecule has 0 aliphatic rings. The molecular weight excluding hydrogens is 282 g/mol. The maximum absolute atomic E-state index is 11.3. The topological polar surface area (TPSA) is 88.1 Å². The molecular formula is C16H15N3O3. The summed E-state index contributed by atoms with van der Waals surface area (Å²) in [6.07, 6.45) is 2.31. The number of hydrogen-bond donors (Lipinski definition) is 2. The number of pyridine rings is 1. The van der Waals surface area contributed by atoms with Crippen molar-refractivity contribution in [3.05, 3.63) is 47.9 Å². The summed E-state index contributed by atoms with van der Waals surface area (Å²) < 4.78 is 5.05. The zero-order valence-corrected chi connectivity index (χ0v) is 12.0. The van der Waals surface area contributed by atoms with Gasteiger partial charge in [-0.05, 0) is 24.3 Å². The molecule has 0 saturated heterocycles. The van der Waals surface area contributed by atoms with Crippen LogP contribution in [0.25, 0.3) is 22.3 Å². The van der Waals surface area contributed by atoms with Gasteiger partial charge in [0.25, 0.3) is 0 Å². The van der Waals surface area contributed by atoms with E-state index in [1.807, 2.05) is 18.2 Å². The second-order valence-electron chi connectivity index (χ2n) is 4.87. The van der Waals surface area contributed by atoms with Crippen LogP contribution in [0.5, 0.6) is 0 Å². The Morgan fingerprint density at radius 2 is 2.23 bits per heavy atom. The Kier molecular flexibility index (Phi) is 3.84. The fourth-order valence-corrected chi connectivity index (χ4v) is 2.33. The van der Waals surface area contributed by atoms with Crippen LogP contribution in [0.1, 0.15) is 16.2 Å². The molecule has 0 fully saturated rings. The molecule has 112 valence electrons.